The lowest BCUT2D eigenvalue weighted by atomic mass is 10.1. The zero-order chi connectivity index (χ0) is 15.8. The van der Waals surface area contributed by atoms with E-state index in [1.165, 1.54) is 11.8 Å². The molecule has 3 aromatic heterocycles. The van der Waals surface area contributed by atoms with Gasteiger partial charge < -0.3 is 4.98 Å². The van der Waals surface area contributed by atoms with Gasteiger partial charge in [0.25, 0.3) is 0 Å². The van der Waals surface area contributed by atoms with Crippen molar-refractivity contribution in [1.29, 1.82) is 0 Å². The molecule has 0 aliphatic carbocycles. The molecule has 0 fully saturated rings. The summed E-state index contributed by atoms with van der Waals surface area (Å²) in [5.74, 6) is 0.106. The summed E-state index contributed by atoms with van der Waals surface area (Å²) in [6.45, 7) is 1.93. The maximum atomic E-state index is 12.8. The quantitative estimate of drug-likeness (QED) is 0.337. The summed E-state index contributed by atoms with van der Waals surface area (Å²) in [4.78, 5) is 25.5. The molecular weight excluding hydrogens is 326 g/mol. The zero-order valence-electron chi connectivity index (χ0n) is 12.3. The Kier molecular flexibility index (Phi) is 3.63. The van der Waals surface area contributed by atoms with Gasteiger partial charge in [0.15, 0.2) is 5.78 Å². The van der Waals surface area contributed by atoms with Crippen molar-refractivity contribution in [2.75, 3.05) is 0 Å². The molecule has 114 valence electrons. The predicted molar refractivity (Wildman–Crippen MR) is 95.4 cm³/mol. The monoisotopic (exact) mass is 339 g/mol. The first-order valence-electron chi connectivity index (χ1n) is 7.19. The van der Waals surface area contributed by atoms with E-state index in [4.69, 9.17) is 0 Å². The molecule has 3 heterocycles. The van der Waals surface area contributed by atoms with Crippen molar-refractivity contribution >= 4 is 50.0 Å². The largest absolute Gasteiger partial charge is 0.360 e. The molecule has 0 saturated heterocycles. The fourth-order valence-electron chi connectivity index (χ4n) is 2.58. The summed E-state index contributed by atoms with van der Waals surface area (Å²) in [6.07, 6.45) is 3.36. The summed E-state index contributed by atoms with van der Waals surface area (Å²) in [5, 5.41) is 4.62. The number of ketones is 1. The molecule has 0 unspecified atom stereocenters. The molecular formula is C17H13N3OS2. The lowest BCUT2D eigenvalue weighted by molar-refractivity contribution is 0.0995. The Hall–Kier alpha value is -2.18. The van der Waals surface area contributed by atoms with E-state index in [1.54, 1.807) is 23.9 Å². The number of fused-ring (bicyclic) bond motifs is 2. The van der Waals surface area contributed by atoms with Gasteiger partial charge in [0.2, 0.25) is 0 Å². The van der Waals surface area contributed by atoms with E-state index in [9.17, 15) is 4.79 Å². The number of Topliss-reactive ketones (excluding diaryl/α,β-unsaturated/α-hetero) is 1. The molecule has 1 atom stereocenters. The van der Waals surface area contributed by atoms with E-state index >= 15 is 0 Å². The van der Waals surface area contributed by atoms with Gasteiger partial charge in [-0.3, -0.25) is 4.79 Å². The van der Waals surface area contributed by atoms with Crippen molar-refractivity contribution in [3.63, 3.8) is 0 Å². The zero-order valence-corrected chi connectivity index (χ0v) is 13.9. The molecule has 0 aliphatic rings. The third-order valence-electron chi connectivity index (χ3n) is 3.74. The fourth-order valence-corrected chi connectivity index (χ4v) is 4.34. The van der Waals surface area contributed by atoms with Crippen LogP contribution < -0.4 is 0 Å². The average molecular weight is 339 g/mol. The van der Waals surface area contributed by atoms with Crippen LogP contribution in [0.5, 0.6) is 0 Å². The second-order valence-corrected chi connectivity index (χ2v) is 7.41. The molecule has 0 radical (unpaired) electrons. The molecule has 0 aliphatic heterocycles. The number of rotatable bonds is 4. The minimum Gasteiger partial charge on any atom is -0.360 e. The highest BCUT2D eigenvalue weighted by Gasteiger charge is 2.21. The van der Waals surface area contributed by atoms with Crippen LogP contribution in [-0.2, 0) is 0 Å². The van der Waals surface area contributed by atoms with Crippen LogP contribution in [0.25, 0.3) is 21.1 Å². The first kappa shape index (κ1) is 14.4. The van der Waals surface area contributed by atoms with E-state index in [1.807, 2.05) is 42.6 Å². The molecule has 0 bridgehead atoms. The molecule has 4 rings (SSSR count). The Morgan fingerprint density at radius 1 is 1.22 bits per heavy atom. The minimum absolute atomic E-state index is 0.106. The number of nitrogens with zero attached hydrogens (tertiary/aromatic N) is 2. The second-order valence-electron chi connectivity index (χ2n) is 5.19. The van der Waals surface area contributed by atoms with Crippen molar-refractivity contribution in [3.8, 4) is 0 Å². The van der Waals surface area contributed by atoms with Crippen LogP contribution in [0.1, 0.15) is 17.3 Å². The van der Waals surface area contributed by atoms with Crippen LogP contribution in [0.2, 0.25) is 0 Å². The highest BCUT2D eigenvalue weighted by molar-refractivity contribution is 8.00. The number of para-hydroxylation sites is 1. The van der Waals surface area contributed by atoms with Gasteiger partial charge in [-0.25, -0.2) is 9.97 Å². The van der Waals surface area contributed by atoms with E-state index < -0.39 is 0 Å². The number of thiophene rings is 1. The van der Waals surface area contributed by atoms with Crippen molar-refractivity contribution in [2.45, 2.75) is 17.2 Å². The molecule has 1 N–H and O–H groups in total. The molecule has 6 heteroatoms. The lowest BCUT2D eigenvalue weighted by Crippen LogP contribution is -2.13. The number of benzene rings is 1. The molecule has 0 spiro atoms. The van der Waals surface area contributed by atoms with Gasteiger partial charge in [-0.05, 0) is 24.4 Å². The van der Waals surface area contributed by atoms with Gasteiger partial charge in [0.1, 0.15) is 16.2 Å². The SMILES string of the molecule is C[C@H](Sc1ncnc2sccc12)C(=O)c1c[nH]c2ccccc12. The standard InChI is InChI=1S/C17H13N3OS2/c1-10(23-17-12-6-7-22-16(12)19-9-20-17)15(21)13-8-18-14-5-3-2-4-11(13)14/h2-10,18H,1H3/t10-/m0/s1. The van der Waals surface area contributed by atoms with E-state index in [2.05, 4.69) is 15.0 Å². The lowest BCUT2D eigenvalue weighted by Gasteiger charge is -2.09. The summed E-state index contributed by atoms with van der Waals surface area (Å²) >= 11 is 3.07. The number of hydrogen-bond acceptors (Lipinski definition) is 5. The first-order valence-corrected chi connectivity index (χ1v) is 8.95. The summed E-state index contributed by atoms with van der Waals surface area (Å²) in [5.41, 5.74) is 1.71. The van der Waals surface area contributed by atoms with Crippen molar-refractivity contribution in [1.82, 2.24) is 15.0 Å². The van der Waals surface area contributed by atoms with Crippen molar-refractivity contribution in [2.24, 2.45) is 0 Å². The average Bonchev–Trinajstić information content (AvgIpc) is 3.21. The number of hydrogen-bond donors (Lipinski definition) is 1. The highest BCUT2D eigenvalue weighted by atomic mass is 32.2. The van der Waals surface area contributed by atoms with E-state index in [-0.39, 0.29) is 11.0 Å². The third kappa shape index (κ3) is 2.54. The van der Waals surface area contributed by atoms with Crippen molar-refractivity contribution in [3.05, 3.63) is 53.8 Å². The Morgan fingerprint density at radius 3 is 3.00 bits per heavy atom. The Morgan fingerprint density at radius 2 is 2.09 bits per heavy atom. The van der Waals surface area contributed by atoms with Crippen molar-refractivity contribution < 1.29 is 4.79 Å². The molecule has 1 aromatic carbocycles. The van der Waals surface area contributed by atoms with E-state index in [0.717, 1.165) is 31.7 Å². The first-order chi connectivity index (χ1) is 11.2. The van der Waals surface area contributed by atoms with Gasteiger partial charge in [-0.15, -0.1) is 11.3 Å². The minimum atomic E-state index is -0.216. The van der Waals surface area contributed by atoms with Gasteiger partial charge >= 0.3 is 0 Å². The fraction of sp³-hybridized carbons (Fsp3) is 0.118. The number of nitrogens with one attached hydrogen (secondary N) is 1. The van der Waals surface area contributed by atoms with Crippen LogP contribution in [0.3, 0.4) is 0 Å². The van der Waals surface area contributed by atoms with Crippen LogP contribution in [0.15, 0.2) is 53.3 Å². The van der Waals surface area contributed by atoms with Crippen LogP contribution >= 0.6 is 23.1 Å². The van der Waals surface area contributed by atoms with E-state index in [0.29, 0.717) is 0 Å². The van der Waals surface area contributed by atoms with Gasteiger partial charge in [-0.2, -0.15) is 0 Å². The molecule has 0 saturated carbocycles. The van der Waals surface area contributed by atoms with Gasteiger partial charge in [0.05, 0.1) is 5.25 Å². The Bertz CT molecular complexity index is 1010. The highest BCUT2D eigenvalue weighted by Crippen LogP contribution is 2.32. The smallest absolute Gasteiger partial charge is 0.178 e. The number of thioether (sulfide) groups is 1. The van der Waals surface area contributed by atoms with Crippen LogP contribution in [0.4, 0.5) is 0 Å². The third-order valence-corrected chi connectivity index (χ3v) is 5.67. The maximum Gasteiger partial charge on any atom is 0.178 e. The number of aromatic amines is 1. The topological polar surface area (TPSA) is 58.6 Å². The Balaban J connectivity index is 1.65. The summed E-state index contributed by atoms with van der Waals surface area (Å²) in [7, 11) is 0. The van der Waals surface area contributed by atoms with Gasteiger partial charge in [-0.1, -0.05) is 30.0 Å². The normalized spacial score (nSPS) is 12.7. The van der Waals surface area contributed by atoms with Crippen LogP contribution in [0, 0.1) is 0 Å². The second kappa shape index (κ2) is 5.79. The van der Waals surface area contributed by atoms with Crippen LogP contribution in [-0.4, -0.2) is 26.0 Å². The Labute approximate surface area is 141 Å². The number of H-pyrrole nitrogens is 1. The number of carbonyl (C=O) groups excluding carboxylic acids is 1. The van der Waals surface area contributed by atoms with Gasteiger partial charge in [0, 0.05) is 28.0 Å². The summed E-state index contributed by atoms with van der Waals surface area (Å²) < 4.78 is 0. The maximum absolute atomic E-state index is 12.8. The molecule has 23 heavy (non-hydrogen) atoms. The predicted octanol–water partition coefficient (Wildman–Crippen LogP) is 4.54. The molecule has 4 nitrogen and oxygen atoms in total. The summed E-state index contributed by atoms with van der Waals surface area (Å²) in [6, 6.07) is 9.86. The molecule has 0 amide bonds. The molecule has 4 aromatic rings. The number of carbonyl (C=O) groups is 1. The number of aromatic nitrogens is 3.